The maximum atomic E-state index is 4.82. The van der Waals surface area contributed by atoms with E-state index in [9.17, 15) is 0 Å². The molecule has 1 aliphatic rings. The van der Waals surface area contributed by atoms with Crippen LogP contribution in [0, 0.1) is 0 Å². The molecule has 0 bridgehead atoms. The van der Waals surface area contributed by atoms with Gasteiger partial charge >= 0.3 is 0 Å². The molecular formula is C19H18N2S. The second-order valence-corrected chi connectivity index (χ2v) is 7.42. The molecule has 3 heteroatoms. The van der Waals surface area contributed by atoms with Gasteiger partial charge in [0.25, 0.3) is 0 Å². The van der Waals surface area contributed by atoms with E-state index in [0.717, 1.165) is 10.5 Å². The zero-order valence-electron chi connectivity index (χ0n) is 13.0. The van der Waals surface area contributed by atoms with Crippen molar-refractivity contribution in [2.75, 3.05) is 5.32 Å². The van der Waals surface area contributed by atoms with Gasteiger partial charge in [-0.3, -0.25) is 0 Å². The summed E-state index contributed by atoms with van der Waals surface area (Å²) in [4.78, 5) is 4.82. The van der Waals surface area contributed by atoms with Gasteiger partial charge in [0.15, 0.2) is 0 Å². The van der Waals surface area contributed by atoms with E-state index in [1.807, 2.05) is 6.07 Å². The van der Waals surface area contributed by atoms with Crippen LogP contribution < -0.4 is 5.32 Å². The van der Waals surface area contributed by atoms with Crippen molar-refractivity contribution in [2.45, 2.75) is 26.3 Å². The zero-order chi connectivity index (χ0) is 15.3. The number of rotatable bonds is 1. The highest BCUT2D eigenvalue weighted by Crippen LogP contribution is 2.42. The Balaban J connectivity index is 1.94. The van der Waals surface area contributed by atoms with E-state index in [-0.39, 0.29) is 5.54 Å². The quantitative estimate of drug-likeness (QED) is 0.635. The molecule has 0 atom stereocenters. The number of aromatic nitrogens is 1. The lowest BCUT2D eigenvalue weighted by atomic mass is 9.89. The van der Waals surface area contributed by atoms with Crippen molar-refractivity contribution < 1.29 is 0 Å². The summed E-state index contributed by atoms with van der Waals surface area (Å²) in [7, 11) is 0. The lowest BCUT2D eigenvalue weighted by molar-refractivity contribution is 0.708. The molecule has 0 saturated carbocycles. The molecule has 1 N–H and O–H groups in total. The van der Waals surface area contributed by atoms with Crippen molar-refractivity contribution in [3.05, 3.63) is 54.1 Å². The normalized spacial score (nSPS) is 16.0. The van der Waals surface area contributed by atoms with E-state index in [2.05, 4.69) is 68.6 Å². The van der Waals surface area contributed by atoms with E-state index < -0.39 is 0 Å². The first kappa shape index (κ1) is 13.5. The van der Waals surface area contributed by atoms with E-state index in [1.54, 1.807) is 11.3 Å². The molecule has 0 aliphatic carbocycles. The molecule has 2 aromatic carbocycles. The molecule has 1 aromatic heterocycles. The Morgan fingerprint density at radius 3 is 2.59 bits per heavy atom. The maximum absolute atomic E-state index is 4.82. The van der Waals surface area contributed by atoms with Crippen LogP contribution in [0.15, 0.2) is 48.5 Å². The maximum Gasteiger partial charge on any atom is 0.126 e. The van der Waals surface area contributed by atoms with Crippen LogP contribution in [0.2, 0.25) is 0 Å². The molecule has 0 radical (unpaired) electrons. The molecule has 110 valence electrons. The van der Waals surface area contributed by atoms with Gasteiger partial charge in [0, 0.05) is 11.1 Å². The number of thiazole rings is 1. The molecule has 0 saturated heterocycles. The smallest absolute Gasteiger partial charge is 0.126 e. The number of benzene rings is 2. The summed E-state index contributed by atoms with van der Waals surface area (Å²) in [5.74, 6) is 0. The van der Waals surface area contributed by atoms with Crippen molar-refractivity contribution >= 4 is 32.8 Å². The molecule has 4 rings (SSSR count). The van der Waals surface area contributed by atoms with Crippen molar-refractivity contribution in [3.8, 4) is 10.6 Å². The van der Waals surface area contributed by atoms with Crippen LogP contribution in [0.3, 0.4) is 0 Å². The van der Waals surface area contributed by atoms with Crippen LogP contribution in [0.1, 0.15) is 26.3 Å². The van der Waals surface area contributed by atoms with Crippen molar-refractivity contribution in [3.63, 3.8) is 0 Å². The Labute approximate surface area is 134 Å². The molecular weight excluding hydrogens is 288 g/mol. The average molecular weight is 306 g/mol. The van der Waals surface area contributed by atoms with E-state index in [0.29, 0.717) is 0 Å². The minimum atomic E-state index is -0.0378. The standard InChI is InChI=1S/C19H18N2S/c1-12-11-19(2,3)21-17-13(12)7-6-8-14(17)18-20-15-9-4-5-10-16(15)22-18/h4-11,21H,1-3H3. The third kappa shape index (κ3) is 2.13. The predicted molar refractivity (Wildman–Crippen MR) is 96.4 cm³/mol. The third-order valence-corrected chi connectivity index (χ3v) is 5.11. The number of nitrogens with one attached hydrogen (secondary N) is 1. The number of fused-ring (bicyclic) bond motifs is 2. The monoisotopic (exact) mass is 306 g/mol. The Kier molecular flexibility index (Phi) is 2.88. The number of para-hydroxylation sites is 2. The third-order valence-electron chi connectivity index (χ3n) is 4.04. The number of nitrogens with zero attached hydrogens (tertiary/aromatic N) is 1. The van der Waals surface area contributed by atoms with Crippen molar-refractivity contribution in [1.82, 2.24) is 4.98 Å². The second-order valence-electron chi connectivity index (χ2n) is 6.39. The van der Waals surface area contributed by atoms with Crippen LogP contribution in [0.5, 0.6) is 0 Å². The summed E-state index contributed by atoms with van der Waals surface area (Å²) in [5.41, 5.74) is 6.02. The predicted octanol–water partition coefficient (Wildman–Crippen LogP) is 5.57. The van der Waals surface area contributed by atoms with E-state index in [4.69, 9.17) is 4.98 Å². The van der Waals surface area contributed by atoms with Gasteiger partial charge in [-0.05, 0) is 44.5 Å². The molecule has 22 heavy (non-hydrogen) atoms. The van der Waals surface area contributed by atoms with Crippen molar-refractivity contribution in [2.24, 2.45) is 0 Å². The Morgan fingerprint density at radius 2 is 1.77 bits per heavy atom. The van der Waals surface area contributed by atoms with Gasteiger partial charge in [-0.2, -0.15) is 0 Å². The summed E-state index contributed by atoms with van der Waals surface area (Å²) in [6.07, 6.45) is 2.29. The van der Waals surface area contributed by atoms with Crippen LogP contribution in [-0.4, -0.2) is 10.5 Å². The fourth-order valence-corrected chi connectivity index (χ4v) is 4.16. The van der Waals surface area contributed by atoms with Gasteiger partial charge in [0.05, 0.1) is 21.4 Å². The van der Waals surface area contributed by atoms with E-state index >= 15 is 0 Å². The summed E-state index contributed by atoms with van der Waals surface area (Å²) in [5, 5.41) is 4.75. The Bertz CT molecular complexity index is 870. The topological polar surface area (TPSA) is 24.9 Å². The number of hydrogen-bond donors (Lipinski definition) is 1. The Hall–Kier alpha value is -2.13. The van der Waals surface area contributed by atoms with Gasteiger partial charge in [-0.25, -0.2) is 4.98 Å². The summed E-state index contributed by atoms with van der Waals surface area (Å²) < 4.78 is 1.23. The summed E-state index contributed by atoms with van der Waals surface area (Å²) in [6.45, 7) is 6.59. The lowest BCUT2D eigenvalue weighted by Crippen LogP contribution is -2.31. The van der Waals surface area contributed by atoms with E-state index in [1.165, 1.54) is 27.1 Å². The summed E-state index contributed by atoms with van der Waals surface area (Å²) in [6, 6.07) is 14.8. The molecule has 0 amide bonds. The fourth-order valence-electron chi connectivity index (χ4n) is 3.16. The van der Waals surface area contributed by atoms with Gasteiger partial charge < -0.3 is 5.32 Å². The van der Waals surface area contributed by atoms with Crippen molar-refractivity contribution in [1.29, 1.82) is 0 Å². The van der Waals surface area contributed by atoms with Gasteiger partial charge in [-0.1, -0.05) is 30.3 Å². The number of allylic oxidation sites excluding steroid dienone is 1. The van der Waals surface area contributed by atoms with Gasteiger partial charge in [0.1, 0.15) is 5.01 Å². The SMILES string of the molecule is CC1=CC(C)(C)Nc2c1cccc2-c1nc2ccccc2s1. The first-order valence-electron chi connectivity index (χ1n) is 7.50. The largest absolute Gasteiger partial charge is 0.376 e. The molecule has 0 spiro atoms. The average Bonchev–Trinajstić information content (AvgIpc) is 2.89. The minimum absolute atomic E-state index is 0.0378. The van der Waals surface area contributed by atoms with Crippen LogP contribution in [0.4, 0.5) is 5.69 Å². The van der Waals surface area contributed by atoms with Crippen LogP contribution >= 0.6 is 11.3 Å². The fraction of sp³-hybridized carbons (Fsp3) is 0.211. The summed E-state index contributed by atoms with van der Waals surface area (Å²) >= 11 is 1.75. The highest BCUT2D eigenvalue weighted by molar-refractivity contribution is 7.21. The number of hydrogen-bond acceptors (Lipinski definition) is 3. The number of anilines is 1. The second kappa shape index (κ2) is 4.68. The van der Waals surface area contributed by atoms with Crippen LogP contribution in [-0.2, 0) is 0 Å². The lowest BCUT2D eigenvalue weighted by Gasteiger charge is -2.32. The first-order chi connectivity index (χ1) is 10.5. The molecule has 0 unspecified atom stereocenters. The first-order valence-corrected chi connectivity index (χ1v) is 8.32. The molecule has 2 heterocycles. The van der Waals surface area contributed by atoms with Gasteiger partial charge in [-0.15, -0.1) is 11.3 Å². The molecule has 0 fully saturated rings. The zero-order valence-corrected chi connectivity index (χ0v) is 13.8. The van der Waals surface area contributed by atoms with Gasteiger partial charge in [0.2, 0.25) is 0 Å². The Morgan fingerprint density at radius 1 is 1.00 bits per heavy atom. The molecule has 1 aliphatic heterocycles. The molecule has 2 nitrogen and oxygen atoms in total. The highest BCUT2D eigenvalue weighted by atomic mass is 32.1. The molecule has 3 aromatic rings. The minimum Gasteiger partial charge on any atom is -0.376 e. The van der Waals surface area contributed by atoms with Crippen LogP contribution in [0.25, 0.3) is 26.4 Å². The highest BCUT2D eigenvalue weighted by Gasteiger charge is 2.25.